The number of ether oxygens (including phenoxy) is 3. The number of amides is 2. The summed E-state index contributed by atoms with van der Waals surface area (Å²) in [7, 11) is 1.29. The Morgan fingerprint density at radius 2 is 1.81 bits per heavy atom. The monoisotopic (exact) mass is 776 g/mol. The highest BCUT2D eigenvalue weighted by Crippen LogP contribution is 2.53. The van der Waals surface area contributed by atoms with Crippen LogP contribution in [0.25, 0.3) is 0 Å². The van der Waals surface area contributed by atoms with Gasteiger partial charge in [0.25, 0.3) is 0 Å². The molecule has 1 heterocycles. The first kappa shape index (κ1) is 41.2. The van der Waals surface area contributed by atoms with E-state index in [1.54, 1.807) is 0 Å². The normalized spacial score (nSPS) is 20.8. The van der Waals surface area contributed by atoms with Crippen molar-refractivity contribution < 1.29 is 47.6 Å². The minimum atomic E-state index is -1.85. The first-order valence-corrected chi connectivity index (χ1v) is 17.2. The van der Waals surface area contributed by atoms with Gasteiger partial charge in [-0.25, -0.2) is 18.4 Å². The van der Waals surface area contributed by atoms with E-state index in [2.05, 4.69) is 22.0 Å². The van der Waals surface area contributed by atoms with Crippen molar-refractivity contribution in [1.82, 2.24) is 10.6 Å². The number of nitrogens with zero attached hydrogens (tertiary/aromatic N) is 1. The Morgan fingerprint density at radius 1 is 1.09 bits per heavy atom. The van der Waals surface area contributed by atoms with E-state index < -0.39 is 77.4 Å². The Hall–Kier alpha value is -4.52. The molecular formula is C37H40Cl2F2N4O8. The number of halogens is 4. The van der Waals surface area contributed by atoms with Crippen molar-refractivity contribution in [2.24, 2.45) is 5.41 Å². The van der Waals surface area contributed by atoms with E-state index in [0.717, 1.165) is 6.07 Å². The summed E-state index contributed by atoms with van der Waals surface area (Å²) in [5.74, 6) is -4.63. The van der Waals surface area contributed by atoms with Gasteiger partial charge < -0.3 is 40.4 Å². The average molecular weight is 778 g/mol. The smallest absolute Gasteiger partial charge is 0.410 e. The molecule has 0 radical (unpaired) electrons. The third-order valence-corrected chi connectivity index (χ3v) is 9.19. The maximum atomic E-state index is 16.0. The fourth-order valence-corrected chi connectivity index (χ4v) is 6.73. The van der Waals surface area contributed by atoms with Crippen molar-refractivity contribution in [1.29, 1.82) is 5.26 Å². The molecule has 284 valence electrons. The number of anilines is 1. The molecule has 1 aliphatic heterocycles. The summed E-state index contributed by atoms with van der Waals surface area (Å²) in [4.78, 5) is 39.1. The van der Waals surface area contributed by atoms with Gasteiger partial charge in [-0.15, -0.1) is 0 Å². The lowest BCUT2D eigenvalue weighted by atomic mass is 9.62. The Morgan fingerprint density at radius 3 is 2.43 bits per heavy atom. The number of hydrogen-bond acceptors (Lipinski definition) is 10. The van der Waals surface area contributed by atoms with Crippen molar-refractivity contribution >= 4 is 46.9 Å². The topological polar surface area (TPSA) is 179 Å². The molecule has 3 aromatic carbocycles. The van der Waals surface area contributed by atoms with Gasteiger partial charge in [-0.2, -0.15) is 5.26 Å². The van der Waals surface area contributed by atoms with Crippen molar-refractivity contribution in [2.75, 3.05) is 25.6 Å². The summed E-state index contributed by atoms with van der Waals surface area (Å²) in [6.45, 7) is 6.16. The van der Waals surface area contributed by atoms with Gasteiger partial charge in [0, 0.05) is 36.0 Å². The van der Waals surface area contributed by atoms with Gasteiger partial charge in [-0.1, -0.05) is 62.2 Å². The molecule has 53 heavy (non-hydrogen) atoms. The van der Waals surface area contributed by atoms with Crippen LogP contribution < -0.4 is 20.7 Å². The number of nitriles is 1. The quantitative estimate of drug-likeness (QED) is 0.111. The molecule has 1 aliphatic rings. The molecule has 1 fully saturated rings. The summed E-state index contributed by atoms with van der Waals surface area (Å²) in [5, 5.41) is 37.3. The Balaban J connectivity index is 1.70. The van der Waals surface area contributed by atoms with Crippen LogP contribution in [-0.4, -0.2) is 72.9 Å². The highest BCUT2D eigenvalue weighted by atomic mass is 35.5. The molecular weight excluding hydrogens is 737 g/mol. The number of benzene rings is 3. The molecule has 2 amide bonds. The van der Waals surface area contributed by atoms with Gasteiger partial charge in [0.1, 0.15) is 22.8 Å². The largest absolute Gasteiger partial charge is 0.495 e. The molecule has 2 unspecified atom stereocenters. The average Bonchev–Trinajstić information content (AvgIpc) is 3.41. The van der Waals surface area contributed by atoms with Gasteiger partial charge >= 0.3 is 12.1 Å². The van der Waals surface area contributed by atoms with E-state index in [9.17, 15) is 24.8 Å². The molecule has 0 saturated carbocycles. The second-order valence-corrected chi connectivity index (χ2v) is 14.5. The van der Waals surface area contributed by atoms with Crippen LogP contribution >= 0.6 is 23.2 Å². The number of aliphatic hydroxyl groups is 2. The van der Waals surface area contributed by atoms with Crippen molar-refractivity contribution in [3.63, 3.8) is 0 Å². The molecule has 0 spiro atoms. The molecule has 0 aliphatic carbocycles. The Labute approximate surface area is 315 Å². The fraction of sp³-hybridized carbons (Fsp3) is 0.405. The minimum absolute atomic E-state index is 0.0159. The van der Waals surface area contributed by atoms with Crippen LogP contribution in [0.2, 0.25) is 10.0 Å². The number of alkyl carbamates (subject to hydrolysis) is 1. The van der Waals surface area contributed by atoms with Crippen LogP contribution in [0.3, 0.4) is 0 Å². The van der Waals surface area contributed by atoms with Gasteiger partial charge in [0.2, 0.25) is 12.2 Å². The highest BCUT2D eigenvalue weighted by Gasteiger charge is 2.61. The predicted molar refractivity (Wildman–Crippen MR) is 192 cm³/mol. The van der Waals surface area contributed by atoms with Crippen LogP contribution in [0.5, 0.6) is 5.75 Å². The van der Waals surface area contributed by atoms with Gasteiger partial charge in [0.05, 0.1) is 48.2 Å². The zero-order valence-corrected chi connectivity index (χ0v) is 31.0. The highest BCUT2D eigenvalue weighted by molar-refractivity contribution is 6.31. The Kier molecular flexibility index (Phi) is 13.3. The minimum Gasteiger partial charge on any atom is -0.495 e. The van der Waals surface area contributed by atoms with E-state index in [1.165, 1.54) is 62.6 Å². The summed E-state index contributed by atoms with van der Waals surface area (Å²) < 4.78 is 47.5. The van der Waals surface area contributed by atoms with Crippen molar-refractivity contribution in [3.05, 3.63) is 93.0 Å². The number of carbonyl (C=O) groups is 3. The standard InChI is InChI=1S/C37H40Cl2F2N4O8/c1-19(53-35(50)43-16-22(47)17-46)52-34(49)20-9-12-27(28(13-20)51-5)44-33(48)32-30(23-7-6-8-25(39)31(23)41)37(18-42,29(45-32)15-36(2,3)4)24-11-10-21(38)14-26(24)40/h6-14,19,22,29-30,32,45-47H,15-17H2,1-5H3,(H,43,50)(H,44,48)/t19?,22?,29-,30-,32+,37-/m0/s1. The van der Waals surface area contributed by atoms with Crippen molar-refractivity contribution in [3.8, 4) is 11.8 Å². The summed E-state index contributed by atoms with van der Waals surface area (Å²) in [5.41, 5.74) is -2.42. The van der Waals surface area contributed by atoms with Crippen LogP contribution in [0.15, 0.2) is 54.6 Å². The number of hydrogen-bond donors (Lipinski definition) is 5. The SMILES string of the molecule is COc1cc(C(=O)OC(C)OC(=O)NCC(O)CO)ccc1NC(=O)[C@@H]1N[C@@H](CC(C)(C)C)[C@](C#N)(c2ccc(Cl)cc2F)[C@H]1c1cccc(Cl)c1F. The predicted octanol–water partition coefficient (Wildman–Crippen LogP) is 5.82. The number of methoxy groups -OCH3 is 1. The van der Waals surface area contributed by atoms with Crippen LogP contribution in [0.1, 0.15) is 61.5 Å². The summed E-state index contributed by atoms with van der Waals surface area (Å²) in [6, 6.07) is 12.1. The zero-order valence-electron chi connectivity index (χ0n) is 29.5. The third-order valence-electron chi connectivity index (χ3n) is 8.67. The molecule has 0 aromatic heterocycles. The van der Waals surface area contributed by atoms with Crippen LogP contribution in [0, 0.1) is 28.4 Å². The Bertz CT molecular complexity index is 1890. The molecule has 5 N–H and O–H groups in total. The second-order valence-electron chi connectivity index (χ2n) is 13.7. The van der Waals surface area contributed by atoms with Gasteiger partial charge in [-0.05, 0) is 53.8 Å². The lowest BCUT2D eigenvalue weighted by molar-refractivity contribution is -0.118. The maximum absolute atomic E-state index is 16.0. The molecule has 16 heteroatoms. The second kappa shape index (κ2) is 17.1. The summed E-state index contributed by atoms with van der Waals surface area (Å²) in [6.07, 6.45) is -3.30. The van der Waals surface area contributed by atoms with E-state index in [4.69, 9.17) is 42.5 Å². The number of aliphatic hydroxyl groups excluding tert-OH is 2. The number of carbonyl (C=O) groups excluding carboxylic acids is 3. The molecule has 6 atom stereocenters. The third kappa shape index (κ3) is 9.35. The lowest BCUT2D eigenvalue weighted by Crippen LogP contribution is -2.45. The number of esters is 1. The fourth-order valence-electron chi connectivity index (χ4n) is 6.39. The maximum Gasteiger partial charge on any atom is 0.410 e. The first-order valence-electron chi connectivity index (χ1n) is 16.5. The van der Waals surface area contributed by atoms with E-state index >= 15 is 8.78 Å². The zero-order chi connectivity index (χ0) is 39.2. The molecule has 0 bridgehead atoms. The van der Waals surface area contributed by atoms with Gasteiger partial charge in [0.15, 0.2) is 0 Å². The van der Waals surface area contributed by atoms with Gasteiger partial charge in [-0.3, -0.25) is 4.79 Å². The number of nitrogens with one attached hydrogen (secondary N) is 3. The molecule has 12 nitrogen and oxygen atoms in total. The van der Waals surface area contributed by atoms with Crippen molar-refractivity contribution in [2.45, 2.75) is 69.9 Å². The lowest BCUT2D eigenvalue weighted by Gasteiger charge is -2.37. The van der Waals surface area contributed by atoms with E-state index in [1.807, 2.05) is 20.8 Å². The molecule has 4 rings (SSSR count). The molecule has 1 saturated heterocycles. The van der Waals surface area contributed by atoms with E-state index in [-0.39, 0.29) is 51.1 Å². The van der Waals surface area contributed by atoms with Crippen LogP contribution in [0.4, 0.5) is 19.3 Å². The summed E-state index contributed by atoms with van der Waals surface area (Å²) >= 11 is 12.3. The first-order chi connectivity index (χ1) is 24.9. The van der Waals surface area contributed by atoms with Crippen LogP contribution in [-0.2, 0) is 19.7 Å². The molecule has 3 aromatic rings. The van der Waals surface area contributed by atoms with E-state index in [0.29, 0.717) is 0 Å². The number of rotatable bonds is 12.